The zero-order chi connectivity index (χ0) is 65.4. The summed E-state index contributed by atoms with van der Waals surface area (Å²) in [7, 11) is 0. The molecular weight excluding hydrogens is 1180 g/mol. The second-order valence-electron chi connectivity index (χ2n) is 22.7. The number of carbonyl (C=O) groups excluding carboxylic acids is 12. The van der Waals surface area contributed by atoms with Gasteiger partial charge in [-0.2, -0.15) is 0 Å². The van der Waals surface area contributed by atoms with Crippen molar-refractivity contribution < 1.29 is 82.8 Å². The summed E-state index contributed by atoms with van der Waals surface area (Å²) >= 11 is 0.990. The van der Waals surface area contributed by atoms with Crippen LogP contribution in [-0.2, 0) is 75.3 Å². The number of benzene rings is 2. The summed E-state index contributed by atoms with van der Waals surface area (Å²) in [4.78, 5) is 182. The number of nitrogens with one attached hydrogen (secondary N) is 12. The van der Waals surface area contributed by atoms with E-state index in [1.165, 1.54) is 26.0 Å². The van der Waals surface area contributed by atoms with E-state index in [4.69, 9.17) is 5.11 Å². The highest BCUT2D eigenvalue weighted by atomic mass is 32.2. The Balaban J connectivity index is 1.31. The SMILES string of the molecule is CC[C@H](C)[C@@H]1NC(=O)CNC(=O)[C@@H]2Cc3c([nH]c4ccccc34)SC[C@H](NC(=O)CNC1=O)C(=O)N[C@@H](CC(=O)NCc1ccc(NC(=O)[C@H](C)NC(=O)[C@@H](NC(=O)CCC(=O)O)C(C)C)cc1)C(=O)N1C[C@H](O)C[C@H]1C(=O)N[C@@H]([C@@H](C)[C@@H](O)CO)C(=O)N2. The van der Waals surface area contributed by atoms with Crippen LogP contribution in [-0.4, -0.2) is 200 Å². The topological polar surface area (TPSA) is 454 Å². The molecule has 1 aromatic heterocycles. The Kier molecular flexibility index (Phi) is 25.0. The van der Waals surface area contributed by atoms with Crippen molar-refractivity contribution in [3.05, 3.63) is 59.7 Å². The van der Waals surface area contributed by atoms with Gasteiger partial charge in [-0.1, -0.05) is 71.4 Å². The third kappa shape index (κ3) is 19.2. The minimum atomic E-state index is -1.84. The third-order valence-electron chi connectivity index (χ3n) is 15.6. The quantitative estimate of drug-likeness (QED) is 0.0591. The van der Waals surface area contributed by atoms with Gasteiger partial charge in [0.25, 0.3) is 0 Å². The summed E-state index contributed by atoms with van der Waals surface area (Å²) in [6.07, 6.45) is -4.99. The van der Waals surface area contributed by atoms with E-state index < -0.39 is 201 Å². The van der Waals surface area contributed by atoms with E-state index in [1.54, 1.807) is 64.1 Å². The number of carbonyl (C=O) groups is 13. The summed E-state index contributed by atoms with van der Waals surface area (Å²) < 4.78 is 0. The largest absolute Gasteiger partial charge is 0.481 e. The van der Waals surface area contributed by atoms with Crippen LogP contribution < -0.4 is 58.5 Å². The fourth-order valence-electron chi connectivity index (χ4n) is 10.1. The van der Waals surface area contributed by atoms with E-state index >= 15 is 0 Å². The number of aliphatic hydroxyl groups excluding tert-OH is 3. The number of amides is 12. The van der Waals surface area contributed by atoms with Gasteiger partial charge in [0.05, 0.1) is 49.8 Å². The van der Waals surface area contributed by atoms with Crippen LogP contribution in [0, 0.1) is 17.8 Å². The highest BCUT2D eigenvalue weighted by Crippen LogP contribution is 2.32. The molecule has 12 atom stereocenters. The first kappa shape index (κ1) is 69.4. The molecule has 3 aromatic rings. The molecule has 2 bridgehead atoms. The lowest BCUT2D eigenvalue weighted by molar-refractivity contribution is -0.144. The van der Waals surface area contributed by atoms with Crippen molar-refractivity contribution in [2.24, 2.45) is 17.8 Å². The van der Waals surface area contributed by atoms with Gasteiger partial charge in [0.15, 0.2) is 0 Å². The van der Waals surface area contributed by atoms with E-state index in [1.807, 2.05) is 0 Å². The predicted molar refractivity (Wildman–Crippen MR) is 319 cm³/mol. The van der Waals surface area contributed by atoms with E-state index in [0.717, 1.165) is 16.7 Å². The van der Waals surface area contributed by atoms with Gasteiger partial charge in [0, 0.05) is 60.6 Å². The van der Waals surface area contributed by atoms with Gasteiger partial charge in [-0.3, -0.25) is 62.3 Å². The molecule has 3 aliphatic rings. The molecule has 1 fully saturated rings. The normalized spacial score (nSPS) is 23.4. The van der Waals surface area contributed by atoms with Crippen LogP contribution in [0.2, 0.25) is 0 Å². The number of H-pyrrole nitrogens is 1. The molecule has 4 heterocycles. The fourth-order valence-corrected chi connectivity index (χ4v) is 11.2. The molecule has 484 valence electrons. The lowest BCUT2D eigenvalue weighted by Gasteiger charge is -2.33. The van der Waals surface area contributed by atoms with E-state index in [-0.39, 0.29) is 30.8 Å². The first-order valence-electron chi connectivity index (χ1n) is 29.2. The molecule has 2 aromatic carbocycles. The summed E-state index contributed by atoms with van der Waals surface area (Å²) in [5.74, 6) is -14.1. The van der Waals surface area contributed by atoms with Crippen molar-refractivity contribution in [1.29, 1.82) is 0 Å². The van der Waals surface area contributed by atoms with Gasteiger partial charge in [-0.05, 0) is 48.1 Å². The number of aliphatic carboxylic acids is 1. The third-order valence-corrected chi connectivity index (χ3v) is 16.7. The maximum atomic E-state index is 15.0. The average molecular weight is 1260 g/mol. The van der Waals surface area contributed by atoms with E-state index in [9.17, 15) is 77.6 Å². The molecular formula is C58H79N13O17S. The average Bonchev–Trinajstić information content (AvgIpc) is 3.94. The summed E-state index contributed by atoms with van der Waals surface area (Å²) in [5.41, 5.74) is 1.69. The second-order valence-corrected chi connectivity index (χ2v) is 23.7. The Labute approximate surface area is 516 Å². The molecule has 30 nitrogen and oxygen atoms in total. The number of carboxylic acid groups (broad SMARTS) is 1. The molecule has 0 spiro atoms. The number of para-hydroxylation sites is 1. The van der Waals surface area contributed by atoms with E-state index in [0.29, 0.717) is 33.5 Å². The standard InChI is InChI=1S/C58H79N13O17S/c1-7-28(4)48-54(85)61-22-44(77)64-39-26-89-57-35(34-10-8-9-11-36(34)67-57)19-37(51(82)60-23-45(78)69-48)65-56(87)49(29(5)41(74)25-72)70-53(84)40-18-33(73)24-71(40)58(88)38(66-52(39)83)20-43(76)59-21-31-12-14-32(15-13-31)63-50(81)30(6)62-55(86)47(27(2)3)68-42(75)16-17-46(79)80/h8-15,27-30,33,37-41,47-49,67,72-74H,7,16-26H2,1-6H3,(H,59,76)(H,60,82)(H,61,85)(H,62,86)(H,63,81)(H,64,77)(H,65,87)(H,66,83)(H,68,75)(H,69,78)(H,70,84)(H,79,80)/t28-,29-,30-,33+,37-,38-,39-,40-,41-,47-,48-,49-/m0/s1. The maximum absolute atomic E-state index is 15.0. The molecule has 89 heavy (non-hydrogen) atoms. The van der Waals surface area contributed by atoms with Crippen molar-refractivity contribution in [3.63, 3.8) is 0 Å². The number of fused-ring (bicyclic) bond motifs is 5. The minimum Gasteiger partial charge on any atom is -0.481 e. The molecule has 12 amide bonds. The number of aromatic nitrogens is 1. The first-order valence-corrected chi connectivity index (χ1v) is 30.2. The van der Waals surface area contributed by atoms with Crippen molar-refractivity contribution in [2.75, 3.05) is 37.3 Å². The van der Waals surface area contributed by atoms with Crippen molar-refractivity contribution in [2.45, 2.75) is 152 Å². The zero-order valence-electron chi connectivity index (χ0n) is 50.1. The Morgan fingerprint density at radius 3 is 2.07 bits per heavy atom. The Bertz CT molecular complexity index is 3140. The Hall–Kier alpha value is -8.68. The monoisotopic (exact) mass is 1260 g/mol. The van der Waals surface area contributed by atoms with Crippen molar-refractivity contribution >= 4 is 105 Å². The van der Waals surface area contributed by atoms with Crippen molar-refractivity contribution in [1.82, 2.24) is 63.1 Å². The summed E-state index contributed by atoms with van der Waals surface area (Å²) in [6, 6.07) is 1.22. The number of nitrogens with zero attached hydrogens (tertiary/aromatic N) is 1. The van der Waals surface area contributed by atoms with Crippen LogP contribution >= 0.6 is 11.8 Å². The number of thioether (sulfide) groups is 1. The van der Waals surface area contributed by atoms with Gasteiger partial charge in [-0.15, -0.1) is 11.8 Å². The summed E-state index contributed by atoms with van der Waals surface area (Å²) in [5, 5.41) is 70.2. The number of hydrogen-bond acceptors (Lipinski definition) is 17. The van der Waals surface area contributed by atoms with Crippen LogP contribution in [0.4, 0.5) is 5.69 Å². The zero-order valence-corrected chi connectivity index (χ0v) is 50.9. The van der Waals surface area contributed by atoms with Gasteiger partial charge in [-0.25, -0.2) is 0 Å². The van der Waals surface area contributed by atoms with Crippen LogP contribution in [0.1, 0.15) is 84.8 Å². The van der Waals surface area contributed by atoms with Crippen LogP contribution in [0.3, 0.4) is 0 Å². The maximum Gasteiger partial charge on any atom is 0.303 e. The molecule has 16 N–H and O–H groups in total. The fraction of sp³-hybridized carbons (Fsp3) is 0.534. The Morgan fingerprint density at radius 1 is 0.730 bits per heavy atom. The number of aromatic amines is 1. The van der Waals surface area contributed by atoms with E-state index in [2.05, 4.69) is 63.5 Å². The molecule has 3 aliphatic heterocycles. The number of carboxylic acids is 1. The molecule has 0 aliphatic carbocycles. The van der Waals surface area contributed by atoms with Gasteiger partial charge in [0.2, 0.25) is 70.9 Å². The first-order chi connectivity index (χ1) is 42.2. The van der Waals surface area contributed by atoms with Gasteiger partial charge < -0.3 is 88.8 Å². The molecule has 0 radical (unpaired) electrons. The van der Waals surface area contributed by atoms with Crippen LogP contribution in [0.25, 0.3) is 10.9 Å². The number of anilines is 1. The number of aliphatic hydroxyl groups is 3. The predicted octanol–water partition coefficient (Wildman–Crippen LogP) is -3.36. The minimum absolute atomic E-state index is 0.185. The highest BCUT2D eigenvalue weighted by Gasteiger charge is 2.45. The Morgan fingerprint density at radius 2 is 1.40 bits per heavy atom. The molecule has 0 saturated carbocycles. The van der Waals surface area contributed by atoms with Gasteiger partial charge >= 0.3 is 5.97 Å². The van der Waals surface area contributed by atoms with Crippen LogP contribution in [0.15, 0.2) is 53.6 Å². The summed E-state index contributed by atoms with van der Waals surface area (Å²) in [6.45, 7) is 6.49. The lowest BCUT2D eigenvalue weighted by atomic mass is 9.93. The lowest BCUT2D eigenvalue weighted by Crippen LogP contribution is -2.62. The van der Waals surface area contributed by atoms with Gasteiger partial charge in [0.1, 0.15) is 48.3 Å². The number of rotatable bonds is 18. The second kappa shape index (κ2) is 32.0. The smallest absolute Gasteiger partial charge is 0.303 e. The molecule has 6 rings (SSSR count). The molecule has 31 heteroatoms. The van der Waals surface area contributed by atoms with Crippen LogP contribution in [0.5, 0.6) is 0 Å². The molecule has 0 unspecified atom stereocenters. The molecule has 1 saturated heterocycles. The van der Waals surface area contributed by atoms with Crippen molar-refractivity contribution in [3.8, 4) is 0 Å². The number of hydrogen-bond donors (Lipinski definition) is 16. The highest BCUT2D eigenvalue weighted by molar-refractivity contribution is 7.99.